The Morgan fingerprint density at radius 1 is 1.16 bits per heavy atom. The van der Waals surface area contributed by atoms with Gasteiger partial charge in [-0.15, -0.1) is 0 Å². The molecule has 2 heterocycles. The fraction of sp³-hybridized carbons (Fsp3) is 0.450. The van der Waals surface area contributed by atoms with Crippen LogP contribution in [0.3, 0.4) is 0 Å². The largest absolute Gasteiger partial charge is 0.352 e. The number of piperidine rings is 1. The Bertz CT molecular complexity index is 727. The van der Waals surface area contributed by atoms with Crippen molar-refractivity contribution in [1.29, 1.82) is 0 Å². The number of benzene rings is 1. The molecule has 134 valence electrons. The summed E-state index contributed by atoms with van der Waals surface area (Å²) in [5.74, 6) is 0.462. The fourth-order valence-electron chi connectivity index (χ4n) is 3.64. The van der Waals surface area contributed by atoms with Crippen molar-refractivity contribution in [2.45, 2.75) is 45.2 Å². The lowest BCUT2D eigenvalue weighted by Gasteiger charge is -2.40. The summed E-state index contributed by atoms with van der Waals surface area (Å²) in [5.41, 5.74) is 0.965. The van der Waals surface area contributed by atoms with E-state index in [4.69, 9.17) is 23.2 Å². The maximum absolute atomic E-state index is 13.2. The number of halogens is 2. The number of amides is 1. The molecular weight excluding hydrogens is 355 g/mol. The summed E-state index contributed by atoms with van der Waals surface area (Å²) in [6.07, 6.45) is 5.98. The maximum Gasteiger partial charge on any atom is 0.230 e. The topological polar surface area (TPSA) is 25.2 Å². The van der Waals surface area contributed by atoms with Crippen molar-refractivity contribution in [3.63, 3.8) is 0 Å². The Balaban J connectivity index is 1.83. The Kier molecular flexibility index (Phi) is 5.75. The van der Waals surface area contributed by atoms with Crippen LogP contribution in [0.15, 0.2) is 42.7 Å². The molecule has 5 heteroatoms. The van der Waals surface area contributed by atoms with Crippen LogP contribution in [0.2, 0.25) is 10.0 Å². The van der Waals surface area contributed by atoms with E-state index < -0.39 is 0 Å². The van der Waals surface area contributed by atoms with Crippen LogP contribution in [0, 0.1) is 5.92 Å². The highest BCUT2D eigenvalue weighted by molar-refractivity contribution is 6.42. The number of aromatic nitrogens is 1. The van der Waals surface area contributed by atoms with E-state index in [-0.39, 0.29) is 17.9 Å². The molecule has 3 rings (SSSR count). The van der Waals surface area contributed by atoms with Gasteiger partial charge in [0, 0.05) is 25.5 Å². The van der Waals surface area contributed by atoms with Crippen molar-refractivity contribution < 1.29 is 4.79 Å². The average Bonchev–Trinajstić information content (AvgIpc) is 3.09. The lowest BCUT2D eigenvalue weighted by atomic mass is 9.87. The number of likely N-dealkylation sites (tertiary alicyclic amines) is 1. The lowest BCUT2D eigenvalue weighted by Crippen LogP contribution is -2.50. The van der Waals surface area contributed by atoms with E-state index in [0.717, 1.165) is 31.5 Å². The minimum atomic E-state index is -0.130. The highest BCUT2D eigenvalue weighted by Crippen LogP contribution is 2.34. The van der Waals surface area contributed by atoms with Crippen LogP contribution >= 0.6 is 23.2 Å². The van der Waals surface area contributed by atoms with E-state index in [9.17, 15) is 4.79 Å². The molecule has 3 nitrogen and oxygen atoms in total. The smallest absolute Gasteiger partial charge is 0.230 e. The van der Waals surface area contributed by atoms with Gasteiger partial charge >= 0.3 is 0 Å². The second kappa shape index (κ2) is 7.84. The molecule has 1 aliphatic rings. The first-order valence-electron chi connectivity index (χ1n) is 8.83. The number of carbonyl (C=O) groups excluding carboxylic acids is 1. The molecule has 1 aromatic heterocycles. The van der Waals surface area contributed by atoms with E-state index in [1.807, 2.05) is 24.3 Å². The molecule has 1 amide bonds. The van der Waals surface area contributed by atoms with Crippen LogP contribution in [0.25, 0.3) is 0 Å². The van der Waals surface area contributed by atoms with Gasteiger partial charge in [-0.3, -0.25) is 4.79 Å². The molecule has 0 N–H and O–H groups in total. The van der Waals surface area contributed by atoms with Crippen LogP contribution in [-0.2, 0) is 11.3 Å². The fourth-order valence-corrected chi connectivity index (χ4v) is 3.95. The third-order valence-corrected chi connectivity index (χ3v) is 5.79. The molecule has 1 saturated heterocycles. The molecule has 0 aliphatic carbocycles. The van der Waals surface area contributed by atoms with Crippen LogP contribution in [0.4, 0.5) is 0 Å². The molecule has 1 aliphatic heterocycles. The predicted octanol–water partition coefficient (Wildman–Crippen LogP) is 5.23. The van der Waals surface area contributed by atoms with Crippen LogP contribution < -0.4 is 0 Å². The van der Waals surface area contributed by atoms with Crippen molar-refractivity contribution in [3.05, 3.63) is 58.3 Å². The Labute approximate surface area is 159 Å². The average molecular weight is 379 g/mol. The van der Waals surface area contributed by atoms with Crippen molar-refractivity contribution in [3.8, 4) is 0 Å². The molecule has 0 radical (unpaired) electrons. The van der Waals surface area contributed by atoms with Gasteiger partial charge in [-0.2, -0.15) is 0 Å². The third-order valence-electron chi connectivity index (χ3n) is 5.05. The van der Waals surface area contributed by atoms with Gasteiger partial charge in [0.05, 0.1) is 22.0 Å². The summed E-state index contributed by atoms with van der Waals surface area (Å²) in [7, 11) is 0. The summed E-state index contributed by atoms with van der Waals surface area (Å²) < 4.78 is 2.15. The number of carbonyl (C=O) groups is 1. The first-order valence-corrected chi connectivity index (χ1v) is 9.59. The molecule has 1 fully saturated rings. The van der Waals surface area contributed by atoms with Gasteiger partial charge in [-0.25, -0.2) is 0 Å². The summed E-state index contributed by atoms with van der Waals surface area (Å²) in [6.45, 7) is 6.01. The van der Waals surface area contributed by atoms with E-state index in [0.29, 0.717) is 16.0 Å². The predicted molar refractivity (Wildman–Crippen MR) is 103 cm³/mol. The minimum Gasteiger partial charge on any atom is -0.352 e. The zero-order valence-electron chi connectivity index (χ0n) is 14.7. The van der Waals surface area contributed by atoms with E-state index in [2.05, 4.69) is 35.7 Å². The van der Waals surface area contributed by atoms with Gasteiger partial charge < -0.3 is 9.47 Å². The maximum atomic E-state index is 13.2. The number of hydrogen-bond acceptors (Lipinski definition) is 1. The minimum absolute atomic E-state index is 0.130. The summed E-state index contributed by atoms with van der Waals surface area (Å²) in [6, 6.07) is 9.78. The van der Waals surface area contributed by atoms with E-state index >= 15 is 0 Å². The van der Waals surface area contributed by atoms with Crippen molar-refractivity contribution >= 4 is 29.1 Å². The first-order chi connectivity index (χ1) is 12.0. The second-order valence-electron chi connectivity index (χ2n) is 7.09. The van der Waals surface area contributed by atoms with Gasteiger partial charge in [0.2, 0.25) is 5.91 Å². The van der Waals surface area contributed by atoms with Crippen molar-refractivity contribution in [2.24, 2.45) is 5.92 Å². The standard InChI is InChI=1S/C20H24Cl2N2O/c1-14(2)19(13-23-9-3-4-10-23)24-11-5-6-16(20(24)25)15-7-8-17(21)18(22)12-15/h3-4,7-10,12,14,16,19H,5-6,11,13H2,1-2H3/t16?,19-/m0/s1. The molecule has 1 aromatic carbocycles. The normalized spacial score (nSPS) is 19.5. The van der Waals surface area contributed by atoms with E-state index in [1.165, 1.54) is 0 Å². The van der Waals surface area contributed by atoms with Crippen molar-refractivity contribution in [1.82, 2.24) is 9.47 Å². The van der Waals surface area contributed by atoms with Gasteiger partial charge in [0.25, 0.3) is 0 Å². The molecular formula is C20H24Cl2N2O. The van der Waals surface area contributed by atoms with Gasteiger partial charge in [0.15, 0.2) is 0 Å². The van der Waals surface area contributed by atoms with E-state index in [1.54, 1.807) is 6.07 Å². The lowest BCUT2D eigenvalue weighted by molar-refractivity contribution is -0.139. The van der Waals surface area contributed by atoms with Gasteiger partial charge in [-0.1, -0.05) is 43.1 Å². The first kappa shape index (κ1) is 18.3. The van der Waals surface area contributed by atoms with Crippen molar-refractivity contribution in [2.75, 3.05) is 6.54 Å². The third kappa shape index (κ3) is 4.04. The number of hydrogen-bond donors (Lipinski definition) is 0. The zero-order chi connectivity index (χ0) is 18.0. The Morgan fingerprint density at radius 2 is 1.88 bits per heavy atom. The summed E-state index contributed by atoms with van der Waals surface area (Å²) >= 11 is 12.2. The Morgan fingerprint density at radius 3 is 2.52 bits per heavy atom. The second-order valence-corrected chi connectivity index (χ2v) is 7.91. The zero-order valence-corrected chi connectivity index (χ0v) is 16.2. The molecule has 25 heavy (non-hydrogen) atoms. The quantitative estimate of drug-likeness (QED) is 0.699. The summed E-state index contributed by atoms with van der Waals surface area (Å²) in [4.78, 5) is 15.3. The molecule has 0 saturated carbocycles. The van der Waals surface area contributed by atoms with Gasteiger partial charge in [0.1, 0.15) is 0 Å². The highest BCUT2D eigenvalue weighted by atomic mass is 35.5. The monoisotopic (exact) mass is 378 g/mol. The van der Waals surface area contributed by atoms with Crippen LogP contribution in [0.1, 0.15) is 38.2 Å². The molecule has 1 unspecified atom stereocenters. The molecule has 0 spiro atoms. The van der Waals surface area contributed by atoms with Crippen LogP contribution in [-0.4, -0.2) is 28.0 Å². The molecule has 2 atom stereocenters. The van der Waals surface area contributed by atoms with Gasteiger partial charge in [-0.05, 0) is 48.6 Å². The summed E-state index contributed by atoms with van der Waals surface area (Å²) in [5, 5.41) is 1.04. The number of nitrogens with zero attached hydrogens (tertiary/aromatic N) is 2. The number of rotatable bonds is 5. The Hall–Kier alpha value is -1.45. The SMILES string of the molecule is CC(C)[C@H](Cn1cccc1)N1CCCC(c2ccc(Cl)c(Cl)c2)C1=O. The van der Waals surface area contributed by atoms with Crippen LogP contribution in [0.5, 0.6) is 0 Å². The molecule has 2 aromatic rings. The highest BCUT2D eigenvalue weighted by Gasteiger charge is 2.35. The molecule has 0 bridgehead atoms.